The van der Waals surface area contributed by atoms with Gasteiger partial charge in [0.25, 0.3) is 0 Å². The molecule has 0 heterocycles. The van der Waals surface area contributed by atoms with Crippen molar-refractivity contribution in [2.24, 2.45) is 0 Å². The quantitative estimate of drug-likeness (QED) is 0.774. The van der Waals surface area contributed by atoms with Gasteiger partial charge in [0.2, 0.25) is 0 Å². The Labute approximate surface area is 112 Å². The van der Waals surface area contributed by atoms with Gasteiger partial charge >= 0.3 is 0 Å². The van der Waals surface area contributed by atoms with Gasteiger partial charge in [-0.15, -0.1) is 0 Å². The molecule has 0 fully saturated rings. The SMILES string of the molecule is Cc1ccccc1N(C)CCCCNC(C)(C)C. The maximum Gasteiger partial charge on any atom is 0.0393 e. The molecule has 0 unspecified atom stereocenters. The molecule has 1 N–H and O–H groups in total. The number of rotatable bonds is 6. The van der Waals surface area contributed by atoms with Crippen LogP contribution in [0.2, 0.25) is 0 Å². The highest BCUT2D eigenvalue weighted by molar-refractivity contribution is 5.52. The molecule has 2 nitrogen and oxygen atoms in total. The Balaban J connectivity index is 2.26. The minimum atomic E-state index is 0.238. The van der Waals surface area contributed by atoms with Crippen molar-refractivity contribution >= 4 is 5.69 Å². The van der Waals surface area contributed by atoms with Gasteiger partial charge in [0.05, 0.1) is 0 Å². The molecule has 18 heavy (non-hydrogen) atoms. The van der Waals surface area contributed by atoms with Gasteiger partial charge in [0, 0.05) is 24.8 Å². The molecule has 0 bridgehead atoms. The second-order valence-electron chi connectivity index (χ2n) is 6.09. The predicted octanol–water partition coefficient (Wildman–Crippen LogP) is 3.60. The van der Waals surface area contributed by atoms with Crippen molar-refractivity contribution in [2.75, 3.05) is 25.0 Å². The first-order chi connectivity index (χ1) is 8.40. The van der Waals surface area contributed by atoms with Crippen molar-refractivity contribution in [3.8, 4) is 0 Å². The summed E-state index contributed by atoms with van der Waals surface area (Å²) in [5.41, 5.74) is 2.94. The number of anilines is 1. The minimum Gasteiger partial charge on any atom is -0.374 e. The molecule has 0 aliphatic rings. The fourth-order valence-electron chi connectivity index (χ4n) is 2.05. The molecule has 0 saturated heterocycles. The van der Waals surface area contributed by atoms with E-state index in [0.29, 0.717) is 0 Å². The molecule has 0 aliphatic carbocycles. The molecule has 1 rings (SSSR count). The first-order valence-corrected chi connectivity index (χ1v) is 6.92. The van der Waals surface area contributed by atoms with Crippen LogP contribution in [-0.2, 0) is 0 Å². The van der Waals surface area contributed by atoms with E-state index < -0.39 is 0 Å². The topological polar surface area (TPSA) is 15.3 Å². The Morgan fingerprint density at radius 3 is 2.39 bits per heavy atom. The highest BCUT2D eigenvalue weighted by Crippen LogP contribution is 2.17. The van der Waals surface area contributed by atoms with Crippen molar-refractivity contribution in [1.29, 1.82) is 0 Å². The highest BCUT2D eigenvalue weighted by Gasteiger charge is 2.07. The Kier molecular flexibility index (Phi) is 5.67. The molecule has 0 aromatic heterocycles. The predicted molar refractivity (Wildman–Crippen MR) is 81.4 cm³/mol. The van der Waals surface area contributed by atoms with E-state index in [1.165, 1.54) is 24.1 Å². The zero-order valence-corrected chi connectivity index (χ0v) is 12.6. The summed E-state index contributed by atoms with van der Waals surface area (Å²) in [4.78, 5) is 2.35. The lowest BCUT2D eigenvalue weighted by Crippen LogP contribution is -2.36. The lowest BCUT2D eigenvalue weighted by atomic mass is 10.1. The minimum absolute atomic E-state index is 0.238. The standard InChI is InChI=1S/C16H28N2/c1-14-10-6-7-11-15(14)18(5)13-9-8-12-17-16(2,3)4/h6-7,10-11,17H,8-9,12-13H2,1-5H3. The summed E-state index contributed by atoms with van der Waals surface area (Å²) in [6, 6.07) is 8.58. The summed E-state index contributed by atoms with van der Waals surface area (Å²) in [5, 5.41) is 3.53. The number of nitrogens with one attached hydrogen (secondary N) is 1. The van der Waals surface area contributed by atoms with E-state index in [2.05, 4.69) is 69.2 Å². The van der Waals surface area contributed by atoms with Crippen LogP contribution in [0.15, 0.2) is 24.3 Å². The molecule has 0 radical (unpaired) electrons. The second kappa shape index (κ2) is 6.79. The third-order valence-electron chi connectivity index (χ3n) is 3.10. The summed E-state index contributed by atoms with van der Waals surface area (Å²) >= 11 is 0. The molecule has 1 aromatic carbocycles. The van der Waals surface area contributed by atoms with Crippen molar-refractivity contribution in [3.05, 3.63) is 29.8 Å². The number of hydrogen-bond donors (Lipinski definition) is 1. The fourth-order valence-corrected chi connectivity index (χ4v) is 2.05. The lowest BCUT2D eigenvalue weighted by molar-refractivity contribution is 0.419. The molecule has 2 heteroatoms. The Morgan fingerprint density at radius 1 is 1.11 bits per heavy atom. The average molecular weight is 248 g/mol. The first-order valence-electron chi connectivity index (χ1n) is 6.92. The van der Waals surface area contributed by atoms with Crippen LogP contribution in [0.25, 0.3) is 0 Å². The van der Waals surface area contributed by atoms with E-state index in [0.717, 1.165) is 13.1 Å². The number of hydrogen-bond acceptors (Lipinski definition) is 2. The van der Waals surface area contributed by atoms with E-state index in [1.807, 2.05) is 0 Å². The summed E-state index contributed by atoms with van der Waals surface area (Å²) < 4.78 is 0. The van der Waals surface area contributed by atoms with Gasteiger partial charge in [-0.25, -0.2) is 0 Å². The molecule has 0 aliphatic heterocycles. The van der Waals surface area contributed by atoms with Crippen molar-refractivity contribution in [3.63, 3.8) is 0 Å². The van der Waals surface area contributed by atoms with E-state index in [-0.39, 0.29) is 5.54 Å². The largest absolute Gasteiger partial charge is 0.374 e. The van der Waals surface area contributed by atoms with Crippen molar-refractivity contribution in [2.45, 2.75) is 46.1 Å². The Morgan fingerprint density at radius 2 is 1.78 bits per heavy atom. The fraction of sp³-hybridized carbons (Fsp3) is 0.625. The van der Waals surface area contributed by atoms with Crippen LogP contribution in [0, 0.1) is 6.92 Å². The Bertz CT molecular complexity index is 352. The van der Waals surface area contributed by atoms with Crippen molar-refractivity contribution < 1.29 is 0 Å². The molecule has 0 atom stereocenters. The van der Waals surface area contributed by atoms with E-state index in [9.17, 15) is 0 Å². The van der Waals surface area contributed by atoms with Gasteiger partial charge in [0.15, 0.2) is 0 Å². The smallest absolute Gasteiger partial charge is 0.0393 e. The number of nitrogens with zero attached hydrogens (tertiary/aromatic N) is 1. The second-order valence-corrected chi connectivity index (χ2v) is 6.09. The number of benzene rings is 1. The van der Waals surface area contributed by atoms with Gasteiger partial charge in [-0.05, 0) is 58.7 Å². The van der Waals surface area contributed by atoms with Crippen LogP contribution in [0.1, 0.15) is 39.2 Å². The van der Waals surface area contributed by atoms with Crippen LogP contribution < -0.4 is 10.2 Å². The Hall–Kier alpha value is -1.02. The molecular weight excluding hydrogens is 220 g/mol. The maximum absolute atomic E-state index is 3.53. The van der Waals surface area contributed by atoms with Gasteiger partial charge in [-0.2, -0.15) is 0 Å². The molecule has 102 valence electrons. The summed E-state index contributed by atoms with van der Waals surface area (Å²) in [5.74, 6) is 0. The first kappa shape index (κ1) is 15.0. The number of para-hydroxylation sites is 1. The summed E-state index contributed by atoms with van der Waals surface area (Å²) in [7, 11) is 2.18. The summed E-state index contributed by atoms with van der Waals surface area (Å²) in [6.07, 6.45) is 2.46. The molecular formula is C16H28N2. The van der Waals surface area contributed by atoms with Crippen LogP contribution >= 0.6 is 0 Å². The third kappa shape index (κ3) is 5.54. The maximum atomic E-state index is 3.53. The van der Waals surface area contributed by atoms with Crippen molar-refractivity contribution in [1.82, 2.24) is 5.32 Å². The van der Waals surface area contributed by atoms with E-state index in [1.54, 1.807) is 0 Å². The van der Waals surface area contributed by atoms with Crippen LogP contribution in [0.4, 0.5) is 5.69 Å². The van der Waals surface area contributed by atoms with Crippen LogP contribution in [0.5, 0.6) is 0 Å². The zero-order chi connectivity index (χ0) is 13.6. The van der Waals surface area contributed by atoms with Crippen LogP contribution in [0.3, 0.4) is 0 Å². The van der Waals surface area contributed by atoms with Crippen LogP contribution in [-0.4, -0.2) is 25.7 Å². The van der Waals surface area contributed by atoms with Gasteiger partial charge in [-0.3, -0.25) is 0 Å². The molecule has 0 spiro atoms. The van der Waals surface area contributed by atoms with E-state index >= 15 is 0 Å². The lowest BCUT2D eigenvalue weighted by Gasteiger charge is -2.23. The molecule has 0 saturated carbocycles. The third-order valence-corrected chi connectivity index (χ3v) is 3.10. The normalized spacial score (nSPS) is 11.6. The average Bonchev–Trinajstić information content (AvgIpc) is 2.27. The number of unbranched alkanes of at least 4 members (excludes halogenated alkanes) is 1. The zero-order valence-electron chi connectivity index (χ0n) is 12.6. The van der Waals surface area contributed by atoms with Gasteiger partial charge < -0.3 is 10.2 Å². The van der Waals surface area contributed by atoms with Gasteiger partial charge in [0.1, 0.15) is 0 Å². The summed E-state index contributed by atoms with van der Waals surface area (Å²) in [6.45, 7) is 11.0. The molecule has 1 aromatic rings. The molecule has 0 amide bonds. The number of aryl methyl sites for hydroxylation is 1. The van der Waals surface area contributed by atoms with E-state index in [4.69, 9.17) is 0 Å². The highest BCUT2D eigenvalue weighted by atomic mass is 15.1. The van der Waals surface area contributed by atoms with Gasteiger partial charge in [-0.1, -0.05) is 18.2 Å². The monoisotopic (exact) mass is 248 g/mol.